The highest BCUT2D eigenvalue weighted by atomic mass is 32.2. The molecule has 2 heterocycles. The first-order valence-corrected chi connectivity index (χ1v) is 12.2. The molecule has 0 bridgehead atoms. The van der Waals surface area contributed by atoms with E-state index in [1.807, 2.05) is 6.07 Å². The quantitative estimate of drug-likeness (QED) is 0.810. The van der Waals surface area contributed by atoms with Gasteiger partial charge in [0.15, 0.2) is 11.5 Å². The number of amides is 1. The highest BCUT2D eigenvalue weighted by Crippen LogP contribution is 2.50. The molecule has 29 heavy (non-hydrogen) atoms. The Morgan fingerprint density at radius 2 is 1.79 bits per heavy atom. The molecule has 2 saturated carbocycles. The van der Waals surface area contributed by atoms with Crippen LogP contribution in [0.2, 0.25) is 0 Å². The van der Waals surface area contributed by atoms with Gasteiger partial charge in [-0.15, -0.1) is 0 Å². The van der Waals surface area contributed by atoms with Gasteiger partial charge < -0.3 is 14.8 Å². The lowest BCUT2D eigenvalue weighted by atomic mass is 9.67. The Hall–Kier alpha value is -1.80. The van der Waals surface area contributed by atoms with Gasteiger partial charge in [0.1, 0.15) is 13.2 Å². The number of nitrogens with one attached hydrogen (secondary N) is 1. The number of carbonyl (C=O) groups is 1. The first-order valence-electron chi connectivity index (χ1n) is 10.7. The average molecular weight is 421 g/mol. The van der Waals surface area contributed by atoms with Crippen LogP contribution < -0.4 is 14.8 Å². The molecule has 1 unspecified atom stereocenters. The third-order valence-electron chi connectivity index (χ3n) is 6.90. The Morgan fingerprint density at radius 1 is 1.07 bits per heavy atom. The fraction of sp³-hybridized carbons (Fsp3) is 0.667. The molecule has 0 radical (unpaired) electrons. The van der Waals surface area contributed by atoms with Gasteiger partial charge in [0.25, 0.3) is 0 Å². The summed E-state index contributed by atoms with van der Waals surface area (Å²) in [6, 6.07) is 5.40. The van der Waals surface area contributed by atoms with Gasteiger partial charge >= 0.3 is 0 Å². The largest absolute Gasteiger partial charge is 0.486 e. The number of ether oxygens (including phenoxy) is 2. The van der Waals surface area contributed by atoms with E-state index in [0.717, 1.165) is 44.9 Å². The van der Waals surface area contributed by atoms with Crippen LogP contribution in [-0.4, -0.2) is 50.2 Å². The number of carbonyl (C=O) groups excluding carboxylic acids is 1. The van der Waals surface area contributed by atoms with Crippen molar-refractivity contribution in [2.24, 2.45) is 11.3 Å². The van der Waals surface area contributed by atoms with E-state index in [4.69, 9.17) is 9.47 Å². The minimum Gasteiger partial charge on any atom is -0.486 e. The Labute approximate surface area is 171 Å². The van der Waals surface area contributed by atoms with Crippen LogP contribution in [0.4, 0.5) is 5.69 Å². The fourth-order valence-corrected chi connectivity index (χ4v) is 7.12. The Balaban J connectivity index is 1.37. The van der Waals surface area contributed by atoms with Gasteiger partial charge in [-0.25, -0.2) is 12.7 Å². The predicted molar refractivity (Wildman–Crippen MR) is 109 cm³/mol. The molecule has 1 aromatic carbocycles. The molecule has 1 atom stereocenters. The van der Waals surface area contributed by atoms with Gasteiger partial charge in [0, 0.05) is 24.8 Å². The minimum atomic E-state index is -3.28. The molecule has 7 nitrogen and oxygen atoms in total. The number of anilines is 1. The molecular weight excluding hydrogens is 392 g/mol. The third-order valence-corrected chi connectivity index (χ3v) is 9.21. The van der Waals surface area contributed by atoms with E-state index < -0.39 is 10.0 Å². The normalized spacial score (nSPS) is 26.4. The van der Waals surface area contributed by atoms with Crippen LogP contribution in [0.3, 0.4) is 0 Å². The number of benzene rings is 1. The van der Waals surface area contributed by atoms with Crippen molar-refractivity contribution in [1.29, 1.82) is 0 Å². The second kappa shape index (κ2) is 7.16. The molecule has 3 fully saturated rings. The van der Waals surface area contributed by atoms with Crippen molar-refractivity contribution in [1.82, 2.24) is 4.31 Å². The molecule has 0 aromatic heterocycles. The molecule has 4 aliphatic rings. The van der Waals surface area contributed by atoms with Crippen LogP contribution in [0.15, 0.2) is 18.2 Å². The second-order valence-electron chi connectivity index (χ2n) is 8.86. The molecule has 8 heteroatoms. The van der Waals surface area contributed by atoms with Gasteiger partial charge in [-0.1, -0.05) is 19.3 Å². The molecule has 5 rings (SSSR count). The molecule has 1 spiro atoms. The summed E-state index contributed by atoms with van der Waals surface area (Å²) in [7, 11) is -3.28. The van der Waals surface area contributed by atoms with E-state index in [9.17, 15) is 13.2 Å². The van der Waals surface area contributed by atoms with Crippen molar-refractivity contribution in [2.75, 3.05) is 31.6 Å². The van der Waals surface area contributed by atoms with Crippen LogP contribution in [0.1, 0.15) is 44.9 Å². The second-order valence-corrected chi connectivity index (χ2v) is 11.1. The van der Waals surface area contributed by atoms with Gasteiger partial charge in [0.05, 0.1) is 11.2 Å². The zero-order chi connectivity index (χ0) is 20.1. The number of hydrogen-bond donors (Lipinski definition) is 1. The van der Waals surface area contributed by atoms with Gasteiger partial charge in [0.2, 0.25) is 15.9 Å². The van der Waals surface area contributed by atoms with E-state index in [-0.39, 0.29) is 22.5 Å². The van der Waals surface area contributed by atoms with Crippen LogP contribution in [-0.2, 0) is 14.8 Å². The fourth-order valence-electron chi connectivity index (χ4n) is 5.17. The summed E-state index contributed by atoms with van der Waals surface area (Å²) in [4.78, 5) is 13.3. The Bertz CT molecular complexity index is 906. The molecule has 2 aliphatic carbocycles. The van der Waals surface area contributed by atoms with E-state index in [1.54, 1.807) is 16.4 Å². The lowest BCUT2D eigenvalue weighted by Gasteiger charge is -2.37. The lowest BCUT2D eigenvalue weighted by Crippen LogP contribution is -2.39. The van der Waals surface area contributed by atoms with Gasteiger partial charge in [-0.05, 0) is 43.2 Å². The third kappa shape index (κ3) is 3.50. The minimum absolute atomic E-state index is 0.0860. The first-order chi connectivity index (χ1) is 14.0. The maximum atomic E-state index is 13.3. The van der Waals surface area contributed by atoms with E-state index in [2.05, 4.69) is 5.32 Å². The summed E-state index contributed by atoms with van der Waals surface area (Å²) in [5.41, 5.74) is 0.423. The van der Waals surface area contributed by atoms with Crippen molar-refractivity contribution in [3.63, 3.8) is 0 Å². The SMILES string of the molecule is O=C(Nc1ccc2c(c1)OCCO2)C1CN(S(=O)(=O)C2CC2)CC12CCCCC2. The van der Waals surface area contributed by atoms with Crippen LogP contribution in [0.25, 0.3) is 0 Å². The monoisotopic (exact) mass is 420 g/mol. The zero-order valence-electron chi connectivity index (χ0n) is 16.6. The van der Waals surface area contributed by atoms with E-state index in [0.29, 0.717) is 43.5 Å². The lowest BCUT2D eigenvalue weighted by molar-refractivity contribution is -0.123. The molecule has 1 N–H and O–H groups in total. The molecular formula is C21H28N2O5S. The molecule has 1 aromatic rings. The summed E-state index contributed by atoms with van der Waals surface area (Å²) in [5, 5.41) is 2.79. The van der Waals surface area contributed by atoms with Crippen molar-refractivity contribution >= 4 is 21.6 Å². The summed E-state index contributed by atoms with van der Waals surface area (Å²) in [6.45, 7) is 1.80. The van der Waals surface area contributed by atoms with Gasteiger partial charge in [-0.2, -0.15) is 0 Å². The molecule has 1 saturated heterocycles. The van der Waals surface area contributed by atoms with Gasteiger partial charge in [-0.3, -0.25) is 4.79 Å². The van der Waals surface area contributed by atoms with Crippen molar-refractivity contribution < 1.29 is 22.7 Å². The summed E-state index contributed by atoms with van der Waals surface area (Å²) < 4.78 is 38.5. The van der Waals surface area contributed by atoms with Crippen molar-refractivity contribution in [3.05, 3.63) is 18.2 Å². The maximum Gasteiger partial charge on any atom is 0.229 e. The van der Waals surface area contributed by atoms with Crippen LogP contribution in [0, 0.1) is 11.3 Å². The van der Waals surface area contributed by atoms with Crippen LogP contribution >= 0.6 is 0 Å². The predicted octanol–water partition coefficient (Wildman–Crippen LogP) is 2.77. The van der Waals surface area contributed by atoms with Crippen LogP contribution in [0.5, 0.6) is 11.5 Å². The molecule has 2 aliphatic heterocycles. The van der Waals surface area contributed by atoms with Crippen molar-refractivity contribution in [2.45, 2.75) is 50.2 Å². The van der Waals surface area contributed by atoms with E-state index in [1.165, 1.54) is 0 Å². The average Bonchev–Trinajstić information content (AvgIpc) is 3.52. The van der Waals surface area contributed by atoms with E-state index >= 15 is 0 Å². The highest BCUT2D eigenvalue weighted by Gasteiger charge is 2.55. The number of sulfonamides is 1. The smallest absolute Gasteiger partial charge is 0.229 e. The Morgan fingerprint density at radius 3 is 2.52 bits per heavy atom. The molecule has 1 amide bonds. The zero-order valence-corrected chi connectivity index (χ0v) is 17.4. The topological polar surface area (TPSA) is 84.9 Å². The number of hydrogen-bond acceptors (Lipinski definition) is 5. The standard InChI is InChI=1S/C21H28N2O5S/c24-20(22-15-4-7-18-19(12-15)28-11-10-27-18)17-13-23(29(25,26)16-5-6-16)14-21(17)8-2-1-3-9-21/h4,7,12,16-17H,1-3,5-6,8-11,13-14H2,(H,22,24). The highest BCUT2D eigenvalue weighted by molar-refractivity contribution is 7.90. The summed E-state index contributed by atoms with van der Waals surface area (Å²) in [5.74, 6) is 0.910. The number of fused-ring (bicyclic) bond motifs is 1. The number of rotatable bonds is 4. The number of nitrogens with zero attached hydrogens (tertiary/aromatic N) is 1. The first kappa shape index (κ1) is 19.2. The molecule has 158 valence electrons. The Kier molecular flexibility index (Phi) is 4.74. The maximum absolute atomic E-state index is 13.3. The summed E-state index contributed by atoms with van der Waals surface area (Å²) in [6.07, 6.45) is 6.62. The summed E-state index contributed by atoms with van der Waals surface area (Å²) >= 11 is 0. The van der Waals surface area contributed by atoms with Crippen molar-refractivity contribution in [3.8, 4) is 11.5 Å².